The van der Waals surface area contributed by atoms with E-state index in [0.29, 0.717) is 6.54 Å². The number of likely N-dealkylation sites (N-methyl/N-ethyl adjacent to an activating group) is 2. The molecule has 0 fully saturated rings. The van der Waals surface area contributed by atoms with Gasteiger partial charge in [-0.25, -0.2) is 4.79 Å². The molecule has 2 atom stereocenters. The largest absolute Gasteiger partial charge is 0.465 e. The molecule has 134 valence electrons. The Balaban J connectivity index is 4.60. The van der Waals surface area contributed by atoms with E-state index in [0.717, 1.165) is 11.3 Å². The quantitative estimate of drug-likeness (QED) is 0.645. The highest BCUT2D eigenvalue weighted by atomic mass is 16.5. The summed E-state index contributed by atoms with van der Waals surface area (Å²) in [7, 11) is 4.56. The second-order valence-electron chi connectivity index (χ2n) is 5.84. The maximum Gasteiger partial charge on any atom is 0.407 e. The van der Waals surface area contributed by atoms with Gasteiger partial charge in [-0.1, -0.05) is 20.8 Å². The van der Waals surface area contributed by atoms with Gasteiger partial charge in [-0.15, -0.1) is 0 Å². The number of amides is 3. The number of hydrogen-bond donors (Lipinski definition) is 2. The van der Waals surface area contributed by atoms with Crippen molar-refractivity contribution < 1.29 is 24.2 Å². The summed E-state index contributed by atoms with van der Waals surface area (Å²) in [5.41, 5.74) is 0. The van der Waals surface area contributed by atoms with E-state index in [1.807, 2.05) is 6.92 Å². The van der Waals surface area contributed by atoms with E-state index in [9.17, 15) is 14.4 Å². The van der Waals surface area contributed by atoms with Crippen LogP contribution in [-0.4, -0.2) is 79.3 Å². The summed E-state index contributed by atoms with van der Waals surface area (Å²) < 4.78 is 5.22. The van der Waals surface area contributed by atoms with Crippen LogP contribution in [0.1, 0.15) is 27.2 Å². The first-order valence-electron chi connectivity index (χ1n) is 7.65. The highest BCUT2D eigenvalue weighted by Gasteiger charge is 2.30. The van der Waals surface area contributed by atoms with Gasteiger partial charge in [0, 0.05) is 27.7 Å². The number of methoxy groups -OCH3 is 1. The zero-order valence-electron chi connectivity index (χ0n) is 14.8. The summed E-state index contributed by atoms with van der Waals surface area (Å²) in [6, 6.07) is -0.840. The number of nitrogens with one attached hydrogen (secondary N) is 1. The Bertz CT molecular complexity index is 410. The Kier molecular flexibility index (Phi) is 9.24. The first-order valence-corrected chi connectivity index (χ1v) is 7.65. The molecule has 8 nitrogen and oxygen atoms in total. The molecule has 0 saturated carbocycles. The summed E-state index contributed by atoms with van der Waals surface area (Å²) in [5, 5.41) is 11.5. The molecule has 0 aliphatic carbocycles. The number of nitrogens with zero attached hydrogens (tertiary/aromatic N) is 2. The van der Waals surface area contributed by atoms with E-state index in [-0.39, 0.29) is 24.5 Å². The third-order valence-electron chi connectivity index (χ3n) is 3.72. The number of carboxylic acid groups (broad SMARTS) is 1. The van der Waals surface area contributed by atoms with E-state index >= 15 is 0 Å². The van der Waals surface area contributed by atoms with Crippen molar-refractivity contribution in [2.75, 3.05) is 34.3 Å². The smallest absolute Gasteiger partial charge is 0.407 e. The van der Waals surface area contributed by atoms with Crippen molar-refractivity contribution >= 4 is 17.9 Å². The molecule has 0 spiro atoms. The second-order valence-corrected chi connectivity index (χ2v) is 5.84. The van der Waals surface area contributed by atoms with Gasteiger partial charge in [-0.05, 0) is 12.3 Å². The molecule has 0 aliphatic heterocycles. The van der Waals surface area contributed by atoms with Gasteiger partial charge in [0.15, 0.2) is 0 Å². The Morgan fingerprint density at radius 3 is 2.17 bits per heavy atom. The summed E-state index contributed by atoms with van der Waals surface area (Å²) in [5.74, 6) is -0.943. The van der Waals surface area contributed by atoms with Crippen molar-refractivity contribution in [3.63, 3.8) is 0 Å². The fraction of sp³-hybridized carbons (Fsp3) is 0.800. The van der Waals surface area contributed by atoms with Gasteiger partial charge < -0.3 is 20.1 Å². The maximum absolute atomic E-state index is 12.2. The molecule has 0 aromatic rings. The Labute approximate surface area is 137 Å². The summed E-state index contributed by atoms with van der Waals surface area (Å²) in [6.07, 6.45) is -0.464. The van der Waals surface area contributed by atoms with Crippen LogP contribution >= 0.6 is 0 Å². The molecule has 23 heavy (non-hydrogen) atoms. The summed E-state index contributed by atoms with van der Waals surface area (Å²) >= 11 is 0. The number of hydrogen-bond acceptors (Lipinski definition) is 4. The lowest BCUT2D eigenvalue weighted by Gasteiger charge is -2.28. The van der Waals surface area contributed by atoms with Gasteiger partial charge in [-0.3, -0.25) is 14.5 Å². The standard InChI is InChI=1S/C15H29N3O5/c1-7-11(23-6)9-17(4)12(19)8-16-14(20)13(10(2)3)18(5)15(21)22/h10-11,13H,7-9H2,1-6H3,(H,16,20)(H,21,22). The van der Waals surface area contributed by atoms with E-state index in [1.165, 1.54) is 11.9 Å². The van der Waals surface area contributed by atoms with Crippen LogP contribution < -0.4 is 5.32 Å². The highest BCUT2D eigenvalue weighted by Crippen LogP contribution is 2.09. The molecule has 0 aliphatic rings. The van der Waals surface area contributed by atoms with E-state index < -0.39 is 18.0 Å². The topological polar surface area (TPSA) is 99.2 Å². The first-order chi connectivity index (χ1) is 10.6. The molecule has 0 aromatic heterocycles. The second kappa shape index (κ2) is 10.0. The number of carbonyl (C=O) groups is 3. The Hall–Kier alpha value is -1.83. The van der Waals surface area contributed by atoms with Gasteiger partial charge >= 0.3 is 6.09 Å². The van der Waals surface area contributed by atoms with Crippen molar-refractivity contribution in [2.24, 2.45) is 5.92 Å². The van der Waals surface area contributed by atoms with Crippen molar-refractivity contribution in [1.82, 2.24) is 15.1 Å². The molecule has 8 heteroatoms. The third-order valence-corrected chi connectivity index (χ3v) is 3.72. The van der Waals surface area contributed by atoms with Crippen LogP contribution in [0.25, 0.3) is 0 Å². The van der Waals surface area contributed by atoms with Gasteiger partial charge in [0.2, 0.25) is 11.8 Å². The van der Waals surface area contributed by atoms with E-state index in [1.54, 1.807) is 28.0 Å². The van der Waals surface area contributed by atoms with Crippen molar-refractivity contribution in [1.29, 1.82) is 0 Å². The minimum absolute atomic E-state index is 0.0544. The van der Waals surface area contributed by atoms with Crippen LogP contribution in [0.5, 0.6) is 0 Å². The van der Waals surface area contributed by atoms with Crippen LogP contribution in [0.3, 0.4) is 0 Å². The lowest BCUT2D eigenvalue weighted by Crippen LogP contribution is -2.52. The zero-order chi connectivity index (χ0) is 18.2. The molecule has 0 radical (unpaired) electrons. The third kappa shape index (κ3) is 6.85. The molecule has 0 saturated heterocycles. The maximum atomic E-state index is 12.2. The van der Waals surface area contributed by atoms with Crippen molar-refractivity contribution in [3.05, 3.63) is 0 Å². The molecule has 0 bridgehead atoms. The van der Waals surface area contributed by atoms with E-state index in [2.05, 4.69) is 5.32 Å². The fourth-order valence-electron chi connectivity index (χ4n) is 2.22. The molecular formula is C15H29N3O5. The first kappa shape index (κ1) is 21.2. The van der Waals surface area contributed by atoms with Crippen LogP contribution in [0.4, 0.5) is 4.79 Å². The average molecular weight is 331 g/mol. The van der Waals surface area contributed by atoms with Crippen LogP contribution in [0.2, 0.25) is 0 Å². The van der Waals surface area contributed by atoms with Gasteiger partial charge in [0.05, 0.1) is 12.6 Å². The monoisotopic (exact) mass is 331 g/mol. The predicted molar refractivity (Wildman–Crippen MR) is 86.1 cm³/mol. The fourth-order valence-corrected chi connectivity index (χ4v) is 2.22. The van der Waals surface area contributed by atoms with Crippen LogP contribution in [-0.2, 0) is 14.3 Å². The number of rotatable bonds is 9. The normalized spacial score (nSPS) is 13.3. The number of carbonyl (C=O) groups excluding carboxylic acids is 2. The molecule has 0 heterocycles. The minimum Gasteiger partial charge on any atom is -0.465 e. The van der Waals surface area contributed by atoms with Gasteiger partial charge in [0.25, 0.3) is 0 Å². The Morgan fingerprint density at radius 2 is 1.78 bits per heavy atom. The van der Waals surface area contributed by atoms with Crippen molar-refractivity contribution in [2.45, 2.75) is 39.3 Å². The molecule has 2 N–H and O–H groups in total. The highest BCUT2D eigenvalue weighted by molar-refractivity contribution is 5.89. The molecule has 2 unspecified atom stereocenters. The predicted octanol–water partition coefficient (Wildman–Crippen LogP) is 0.620. The van der Waals surface area contributed by atoms with Crippen molar-refractivity contribution in [3.8, 4) is 0 Å². The lowest BCUT2D eigenvalue weighted by atomic mass is 10.0. The van der Waals surface area contributed by atoms with Gasteiger partial charge in [-0.2, -0.15) is 0 Å². The molecular weight excluding hydrogens is 302 g/mol. The lowest BCUT2D eigenvalue weighted by molar-refractivity contribution is -0.134. The SMILES string of the molecule is CCC(CN(C)C(=O)CNC(=O)C(C(C)C)N(C)C(=O)O)OC. The van der Waals surface area contributed by atoms with Crippen LogP contribution in [0, 0.1) is 5.92 Å². The number of ether oxygens (including phenoxy) is 1. The van der Waals surface area contributed by atoms with Gasteiger partial charge in [0.1, 0.15) is 6.04 Å². The zero-order valence-corrected chi connectivity index (χ0v) is 14.8. The van der Waals surface area contributed by atoms with E-state index in [4.69, 9.17) is 9.84 Å². The Morgan fingerprint density at radius 1 is 1.22 bits per heavy atom. The summed E-state index contributed by atoms with van der Waals surface area (Å²) in [6.45, 7) is 5.73. The molecule has 0 aromatic carbocycles. The molecule has 0 rings (SSSR count). The average Bonchev–Trinajstić information content (AvgIpc) is 2.49. The van der Waals surface area contributed by atoms with Crippen LogP contribution in [0.15, 0.2) is 0 Å². The summed E-state index contributed by atoms with van der Waals surface area (Å²) in [4.78, 5) is 37.7. The minimum atomic E-state index is -1.19. The molecule has 3 amide bonds.